The van der Waals surface area contributed by atoms with E-state index in [0.29, 0.717) is 19.5 Å². The number of rotatable bonds is 5. The van der Waals surface area contributed by atoms with Gasteiger partial charge in [-0.25, -0.2) is 8.78 Å². The second kappa shape index (κ2) is 6.88. The number of nitrogens with zero attached hydrogens (tertiary/aromatic N) is 2. The first-order chi connectivity index (χ1) is 10.6. The van der Waals surface area contributed by atoms with Crippen molar-refractivity contribution in [3.63, 3.8) is 0 Å². The Kier molecular flexibility index (Phi) is 5.50. The van der Waals surface area contributed by atoms with Crippen molar-refractivity contribution >= 4 is 5.91 Å². The van der Waals surface area contributed by atoms with Gasteiger partial charge < -0.3 is 4.90 Å². The number of alkyl halides is 5. The lowest BCUT2D eigenvalue weighted by atomic mass is 10.1. The second-order valence-electron chi connectivity index (χ2n) is 6.38. The van der Waals surface area contributed by atoms with Crippen molar-refractivity contribution in [2.75, 3.05) is 39.3 Å². The molecule has 23 heavy (non-hydrogen) atoms. The van der Waals surface area contributed by atoms with Gasteiger partial charge in [0.2, 0.25) is 5.91 Å². The fourth-order valence-electron chi connectivity index (χ4n) is 3.22. The van der Waals surface area contributed by atoms with Gasteiger partial charge in [0.15, 0.2) is 0 Å². The Bertz CT molecular complexity index is 429. The molecular weight excluding hydrogens is 321 g/mol. The van der Waals surface area contributed by atoms with Crippen LogP contribution in [0.3, 0.4) is 0 Å². The topological polar surface area (TPSA) is 35.6 Å². The van der Waals surface area contributed by atoms with Gasteiger partial charge in [0, 0.05) is 26.1 Å². The molecule has 9 heteroatoms. The van der Waals surface area contributed by atoms with Gasteiger partial charge in [0.1, 0.15) is 0 Å². The molecule has 4 nitrogen and oxygen atoms in total. The Balaban J connectivity index is 1.82. The number of carbonyl (C=O) groups is 1. The fraction of sp³-hybridized carbons (Fsp3) is 0.929. The molecule has 0 aliphatic carbocycles. The molecule has 2 fully saturated rings. The van der Waals surface area contributed by atoms with Crippen molar-refractivity contribution in [1.29, 1.82) is 0 Å². The monoisotopic (exact) mass is 343 g/mol. The van der Waals surface area contributed by atoms with Gasteiger partial charge in [0.05, 0.1) is 19.1 Å². The van der Waals surface area contributed by atoms with Crippen LogP contribution in [0.4, 0.5) is 22.0 Å². The van der Waals surface area contributed by atoms with E-state index in [1.807, 2.05) is 0 Å². The molecule has 2 aliphatic heterocycles. The maximum Gasteiger partial charge on any atom is 0.401 e. The van der Waals surface area contributed by atoms with Gasteiger partial charge in [-0.1, -0.05) is 6.92 Å². The molecular formula is C14H22F5N3O. The average Bonchev–Trinajstić information content (AvgIpc) is 3.02. The number of hydrogen-bond donors (Lipinski definition) is 1. The van der Waals surface area contributed by atoms with E-state index in [2.05, 4.69) is 5.32 Å². The van der Waals surface area contributed by atoms with Crippen LogP contribution in [0.2, 0.25) is 0 Å². The Morgan fingerprint density at radius 2 is 2.09 bits per heavy atom. The Morgan fingerprint density at radius 3 is 2.61 bits per heavy atom. The zero-order valence-electron chi connectivity index (χ0n) is 13.0. The van der Waals surface area contributed by atoms with E-state index in [4.69, 9.17) is 0 Å². The van der Waals surface area contributed by atoms with Crippen molar-refractivity contribution in [2.45, 2.75) is 37.9 Å². The standard InChI is InChI=1S/C14H22F5N3O/c1-2-21(9-14(17,18)19)6-10-3-4-22(7-10)12(23)11-5-13(15,16)8-20-11/h10-11,20H,2-9H2,1H3. The minimum atomic E-state index is -4.25. The van der Waals surface area contributed by atoms with E-state index >= 15 is 0 Å². The van der Waals surface area contributed by atoms with Crippen LogP contribution in [0.25, 0.3) is 0 Å². The number of halogens is 5. The summed E-state index contributed by atoms with van der Waals surface area (Å²) in [6, 6.07) is -0.888. The molecule has 2 rings (SSSR count). The predicted octanol–water partition coefficient (Wildman–Crippen LogP) is 1.72. The molecule has 0 bridgehead atoms. The zero-order valence-corrected chi connectivity index (χ0v) is 13.0. The summed E-state index contributed by atoms with van der Waals surface area (Å²) in [5.74, 6) is -3.29. The van der Waals surface area contributed by atoms with E-state index < -0.39 is 37.7 Å². The summed E-state index contributed by atoms with van der Waals surface area (Å²) >= 11 is 0. The third kappa shape index (κ3) is 5.27. The lowest BCUT2D eigenvalue weighted by molar-refractivity contribution is -0.146. The molecule has 1 N–H and O–H groups in total. The van der Waals surface area contributed by atoms with E-state index in [9.17, 15) is 26.7 Å². The van der Waals surface area contributed by atoms with Gasteiger partial charge in [-0.15, -0.1) is 0 Å². The molecule has 0 saturated carbocycles. The smallest absolute Gasteiger partial charge is 0.341 e. The Labute approximate surface area is 132 Å². The molecule has 134 valence electrons. The SMILES string of the molecule is CCN(CC1CCN(C(=O)C2CC(F)(F)CN2)C1)CC(F)(F)F. The zero-order chi connectivity index (χ0) is 17.3. The van der Waals surface area contributed by atoms with Crippen molar-refractivity contribution in [3.05, 3.63) is 0 Å². The van der Waals surface area contributed by atoms with E-state index in [-0.39, 0.29) is 24.9 Å². The molecule has 2 heterocycles. The molecule has 2 unspecified atom stereocenters. The fourth-order valence-corrected chi connectivity index (χ4v) is 3.22. The van der Waals surface area contributed by atoms with Gasteiger partial charge in [0.25, 0.3) is 5.92 Å². The number of hydrogen-bond acceptors (Lipinski definition) is 3. The van der Waals surface area contributed by atoms with Crippen molar-refractivity contribution in [1.82, 2.24) is 15.1 Å². The van der Waals surface area contributed by atoms with Crippen LogP contribution >= 0.6 is 0 Å². The first-order valence-electron chi connectivity index (χ1n) is 7.79. The van der Waals surface area contributed by atoms with E-state index in [0.717, 1.165) is 0 Å². The molecule has 2 saturated heterocycles. The highest BCUT2D eigenvalue weighted by atomic mass is 19.4. The normalized spacial score (nSPS) is 27.9. The predicted molar refractivity (Wildman–Crippen MR) is 74.2 cm³/mol. The third-order valence-electron chi connectivity index (χ3n) is 4.37. The largest absolute Gasteiger partial charge is 0.401 e. The molecule has 1 amide bonds. The summed E-state index contributed by atoms with van der Waals surface area (Å²) in [5.41, 5.74) is 0. The van der Waals surface area contributed by atoms with Gasteiger partial charge in [-0.05, 0) is 18.9 Å². The number of likely N-dealkylation sites (tertiary alicyclic amines) is 1. The molecule has 0 aromatic rings. The highest BCUT2D eigenvalue weighted by Crippen LogP contribution is 2.28. The van der Waals surface area contributed by atoms with E-state index in [1.54, 1.807) is 6.92 Å². The quantitative estimate of drug-likeness (QED) is 0.772. The van der Waals surface area contributed by atoms with E-state index in [1.165, 1.54) is 9.80 Å². The summed E-state index contributed by atoms with van der Waals surface area (Å²) in [7, 11) is 0. The summed E-state index contributed by atoms with van der Waals surface area (Å²) in [6.07, 6.45) is -4.16. The van der Waals surface area contributed by atoms with Crippen LogP contribution in [0.15, 0.2) is 0 Å². The van der Waals surface area contributed by atoms with Crippen molar-refractivity contribution in [2.24, 2.45) is 5.92 Å². The summed E-state index contributed by atoms with van der Waals surface area (Å²) in [5, 5.41) is 2.52. The van der Waals surface area contributed by atoms with Crippen molar-refractivity contribution in [3.8, 4) is 0 Å². The Morgan fingerprint density at radius 1 is 1.39 bits per heavy atom. The third-order valence-corrected chi connectivity index (χ3v) is 4.37. The molecule has 2 atom stereocenters. The van der Waals surface area contributed by atoms with Gasteiger partial charge in [-0.2, -0.15) is 13.2 Å². The lowest BCUT2D eigenvalue weighted by Gasteiger charge is -2.25. The molecule has 0 radical (unpaired) electrons. The highest BCUT2D eigenvalue weighted by Gasteiger charge is 2.44. The molecule has 0 aromatic heterocycles. The Hall–Kier alpha value is -0.960. The maximum absolute atomic E-state index is 13.1. The summed E-state index contributed by atoms with van der Waals surface area (Å²) < 4.78 is 63.7. The molecule has 2 aliphatic rings. The average molecular weight is 343 g/mol. The number of amides is 1. The lowest BCUT2D eigenvalue weighted by Crippen LogP contribution is -2.43. The van der Waals surface area contributed by atoms with Crippen LogP contribution in [-0.4, -0.2) is 73.1 Å². The summed E-state index contributed by atoms with van der Waals surface area (Å²) in [4.78, 5) is 15.0. The minimum absolute atomic E-state index is 0.0526. The number of carbonyl (C=O) groups excluding carboxylic acids is 1. The second-order valence-corrected chi connectivity index (χ2v) is 6.38. The first kappa shape index (κ1) is 18.4. The van der Waals surface area contributed by atoms with Crippen LogP contribution in [-0.2, 0) is 4.79 Å². The summed E-state index contributed by atoms with van der Waals surface area (Å²) in [6.45, 7) is 1.47. The minimum Gasteiger partial charge on any atom is -0.341 e. The van der Waals surface area contributed by atoms with Crippen LogP contribution < -0.4 is 5.32 Å². The van der Waals surface area contributed by atoms with Crippen LogP contribution in [0.5, 0.6) is 0 Å². The maximum atomic E-state index is 13.1. The molecule has 0 aromatic carbocycles. The van der Waals surface area contributed by atoms with Gasteiger partial charge in [-0.3, -0.25) is 15.0 Å². The first-order valence-corrected chi connectivity index (χ1v) is 7.79. The molecule has 0 spiro atoms. The van der Waals surface area contributed by atoms with Crippen LogP contribution in [0, 0.1) is 5.92 Å². The van der Waals surface area contributed by atoms with Crippen molar-refractivity contribution < 1.29 is 26.7 Å². The van der Waals surface area contributed by atoms with Gasteiger partial charge >= 0.3 is 6.18 Å². The number of nitrogens with one attached hydrogen (secondary N) is 1. The van der Waals surface area contributed by atoms with Crippen LogP contribution in [0.1, 0.15) is 19.8 Å². The highest BCUT2D eigenvalue weighted by molar-refractivity contribution is 5.82.